The van der Waals surface area contributed by atoms with Gasteiger partial charge in [0.2, 0.25) is 5.88 Å². The van der Waals surface area contributed by atoms with Crippen LogP contribution in [0.25, 0.3) is 0 Å². The lowest BCUT2D eigenvalue weighted by Crippen LogP contribution is -2.60. The lowest BCUT2D eigenvalue weighted by Gasteiger charge is -2.58. The Bertz CT molecular complexity index is 899. The molecule has 8 heteroatoms. The Morgan fingerprint density at radius 1 is 1.16 bits per heavy atom. The molecule has 1 aliphatic heterocycles. The van der Waals surface area contributed by atoms with Crippen molar-refractivity contribution in [2.75, 3.05) is 0 Å². The summed E-state index contributed by atoms with van der Waals surface area (Å²) in [5, 5.41) is 2.92. The van der Waals surface area contributed by atoms with Crippen molar-refractivity contribution in [2.45, 2.75) is 88.8 Å². The number of nitrogens with two attached hydrogens (primary N) is 1. The summed E-state index contributed by atoms with van der Waals surface area (Å²) in [6, 6.07) is 2.68. The molecule has 0 radical (unpaired) electrons. The van der Waals surface area contributed by atoms with Gasteiger partial charge in [-0.1, -0.05) is 32.1 Å². The molecule has 1 saturated heterocycles. The highest BCUT2D eigenvalue weighted by molar-refractivity contribution is 6.04. The maximum Gasteiger partial charge on any atom is 0.325 e. The molecule has 0 aromatic carbocycles. The number of nitrogens with one attached hydrogen (secondary N) is 1. The van der Waals surface area contributed by atoms with Gasteiger partial charge in [-0.15, -0.1) is 0 Å². The van der Waals surface area contributed by atoms with E-state index in [4.69, 9.17) is 10.5 Å². The van der Waals surface area contributed by atoms with Crippen LogP contribution in [0.1, 0.15) is 81.0 Å². The number of carbonyl (C=O) groups is 3. The quantitative estimate of drug-likeness (QED) is 0.632. The van der Waals surface area contributed by atoms with Gasteiger partial charge < -0.3 is 15.8 Å². The number of primary amides is 1. The molecular formula is C24H32N4O4. The molecule has 1 unspecified atom stereocenters. The molecular weight excluding hydrogens is 408 g/mol. The van der Waals surface area contributed by atoms with Gasteiger partial charge in [-0.05, 0) is 62.0 Å². The van der Waals surface area contributed by atoms with Crippen LogP contribution in [-0.2, 0) is 4.79 Å². The number of ether oxygens (including phenoxy) is 1. The number of imide groups is 1. The lowest BCUT2D eigenvalue weighted by atomic mass is 9.52. The molecule has 1 aromatic rings. The van der Waals surface area contributed by atoms with Crippen molar-refractivity contribution >= 4 is 17.8 Å². The van der Waals surface area contributed by atoms with Gasteiger partial charge in [0.15, 0.2) is 0 Å². The minimum Gasteiger partial charge on any atom is -0.474 e. The molecule has 1 atom stereocenters. The molecule has 2 heterocycles. The van der Waals surface area contributed by atoms with E-state index in [1.807, 2.05) is 0 Å². The van der Waals surface area contributed by atoms with Crippen LogP contribution >= 0.6 is 0 Å². The minimum absolute atomic E-state index is 0.0147. The Kier molecular flexibility index (Phi) is 5.55. The molecule has 3 aliphatic carbocycles. The molecule has 4 amide bonds. The van der Waals surface area contributed by atoms with Crippen LogP contribution < -0.4 is 15.8 Å². The van der Waals surface area contributed by atoms with E-state index in [1.165, 1.54) is 37.0 Å². The molecule has 4 aliphatic rings. The van der Waals surface area contributed by atoms with Gasteiger partial charge in [0.25, 0.3) is 11.8 Å². The van der Waals surface area contributed by atoms with E-state index in [2.05, 4.69) is 10.3 Å². The van der Waals surface area contributed by atoms with Crippen LogP contribution in [-0.4, -0.2) is 45.9 Å². The number of carbonyl (C=O) groups excluding carboxylic acids is 3. The predicted molar refractivity (Wildman–Crippen MR) is 117 cm³/mol. The van der Waals surface area contributed by atoms with Crippen LogP contribution in [0, 0.1) is 11.3 Å². The van der Waals surface area contributed by atoms with Crippen molar-refractivity contribution in [3.8, 4) is 5.88 Å². The minimum atomic E-state index is -0.553. The number of pyridine rings is 1. The number of urea groups is 1. The highest BCUT2D eigenvalue weighted by Gasteiger charge is 2.58. The van der Waals surface area contributed by atoms with E-state index in [-0.39, 0.29) is 41.4 Å². The Balaban J connectivity index is 1.10. The summed E-state index contributed by atoms with van der Waals surface area (Å²) >= 11 is 0. The van der Waals surface area contributed by atoms with E-state index in [1.54, 1.807) is 18.3 Å². The maximum atomic E-state index is 12.9. The van der Waals surface area contributed by atoms with Crippen LogP contribution in [0.5, 0.6) is 5.88 Å². The van der Waals surface area contributed by atoms with Crippen LogP contribution in [0.2, 0.25) is 0 Å². The summed E-state index contributed by atoms with van der Waals surface area (Å²) < 4.78 is 5.91. The fourth-order valence-electron chi connectivity index (χ4n) is 6.24. The standard InChI is InChI=1S/C24H32N4O4/c25-20(29)18-7-4-10-26-21(18)32-17-13-24(14-17)11-16(12-24)28-22(30)19(27-23(28)31)9-8-15-5-2-1-3-6-15/h4,7,10,15-17,19H,1-3,5-6,8-9,11-14H2,(H2,25,29)(H,27,31). The van der Waals surface area contributed by atoms with Crippen molar-refractivity contribution in [1.29, 1.82) is 0 Å². The number of hydrogen-bond donors (Lipinski definition) is 2. The van der Waals surface area contributed by atoms with Gasteiger partial charge in [-0.3, -0.25) is 14.5 Å². The van der Waals surface area contributed by atoms with E-state index in [0.29, 0.717) is 11.5 Å². The molecule has 4 fully saturated rings. The monoisotopic (exact) mass is 440 g/mol. The smallest absolute Gasteiger partial charge is 0.325 e. The summed E-state index contributed by atoms with van der Waals surface area (Å²) in [6.07, 6.45) is 13.1. The largest absolute Gasteiger partial charge is 0.474 e. The average Bonchev–Trinajstić information content (AvgIpc) is 3.01. The Hall–Kier alpha value is -2.64. The second-order valence-corrected chi connectivity index (χ2v) is 10.2. The summed E-state index contributed by atoms with van der Waals surface area (Å²) in [5.41, 5.74) is 5.81. The molecule has 32 heavy (non-hydrogen) atoms. The second-order valence-electron chi connectivity index (χ2n) is 10.2. The molecule has 3 N–H and O–H groups in total. The van der Waals surface area contributed by atoms with Gasteiger partial charge >= 0.3 is 6.03 Å². The van der Waals surface area contributed by atoms with E-state index < -0.39 is 5.91 Å². The third-order valence-corrected chi connectivity index (χ3v) is 7.98. The molecule has 8 nitrogen and oxygen atoms in total. The van der Waals surface area contributed by atoms with E-state index in [9.17, 15) is 14.4 Å². The van der Waals surface area contributed by atoms with Gasteiger partial charge in [0.05, 0.1) is 0 Å². The highest BCUT2D eigenvalue weighted by Crippen LogP contribution is 2.58. The highest BCUT2D eigenvalue weighted by atomic mass is 16.5. The fraction of sp³-hybridized carbons (Fsp3) is 0.667. The first-order valence-electron chi connectivity index (χ1n) is 12.0. The van der Waals surface area contributed by atoms with Gasteiger partial charge in [-0.2, -0.15) is 0 Å². The van der Waals surface area contributed by atoms with Gasteiger partial charge in [-0.25, -0.2) is 9.78 Å². The molecule has 5 rings (SSSR count). The third kappa shape index (κ3) is 3.95. The first kappa shape index (κ1) is 21.2. The lowest BCUT2D eigenvalue weighted by molar-refractivity contribution is -0.141. The van der Waals surface area contributed by atoms with Crippen LogP contribution in [0.3, 0.4) is 0 Å². The summed E-state index contributed by atoms with van der Waals surface area (Å²) in [6.45, 7) is 0. The van der Waals surface area contributed by atoms with Gasteiger partial charge in [0.1, 0.15) is 17.7 Å². The second kappa shape index (κ2) is 8.37. The zero-order valence-corrected chi connectivity index (χ0v) is 18.4. The molecule has 172 valence electrons. The molecule has 0 bridgehead atoms. The Morgan fingerprint density at radius 3 is 2.62 bits per heavy atom. The normalized spacial score (nSPS) is 32.4. The van der Waals surface area contributed by atoms with Crippen molar-refractivity contribution < 1.29 is 19.1 Å². The topological polar surface area (TPSA) is 115 Å². The first-order valence-corrected chi connectivity index (χ1v) is 12.0. The SMILES string of the molecule is NC(=O)c1cccnc1OC1CC2(C1)CC(N1C(=O)NC(CCC3CCCCC3)C1=O)C2. The molecule has 1 aromatic heterocycles. The Morgan fingerprint density at radius 2 is 1.91 bits per heavy atom. The summed E-state index contributed by atoms with van der Waals surface area (Å²) in [5.74, 6) is 0.390. The third-order valence-electron chi connectivity index (χ3n) is 7.98. The number of amides is 4. The maximum absolute atomic E-state index is 12.9. The van der Waals surface area contributed by atoms with E-state index in [0.717, 1.165) is 38.5 Å². The van der Waals surface area contributed by atoms with Crippen molar-refractivity contribution in [2.24, 2.45) is 17.1 Å². The van der Waals surface area contributed by atoms with Crippen LogP contribution in [0.15, 0.2) is 18.3 Å². The fourth-order valence-corrected chi connectivity index (χ4v) is 6.24. The van der Waals surface area contributed by atoms with Crippen molar-refractivity contribution in [3.63, 3.8) is 0 Å². The summed E-state index contributed by atoms with van der Waals surface area (Å²) in [7, 11) is 0. The zero-order valence-electron chi connectivity index (χ0n) is 18.4. The Labute approximate surface area is 188 Å². The van der Waals surface area contributed by atoms with Crippen LogP contribution in [0.4, 0.5) is 4.79 Å². The average molecular weight is 441 g/mol. The van der Waals surface area contributed by atoms with Gasteiger partial charge in [0, 0.05) is 12.2 Å². The first-order chi connectivity index (χ1) is 15.4. The molecule has 1 spiro atoms. The number of aromatic nitrogens is 1. The number of hydrogen-bond acceptors (Lipinski definition) is 5. The van der Waals surface area contributed by atoms with Crippen molar-refractivity contribution in [1.82, 2.24) is 15.2 Å². The number of nitrogens with zero attached hydrogens (tertiary/aromatic N) is 2. The number of rotatable bonds is 7. The zero-order chi connectivity index (χ0) is 22.3. The molecule has 3 saturated carbocycles. The summed E-state index contributed by atoms with van der Waals surface area (Å²) in [4.78, 5) is 42.6. The predicted octanol–water partition coefficient (Wildman–Crippen LogP) is 3.15. The van der Waals surface area contributed by atoms with Crippen molar-refractivity contribution in [3.05, 3.63) is 23.9 Å². The van der Waals surface area contributed by atoms with E-state index >= 15 is 0 Å².